The van der Waals surface area contributed by atoms with Crippen LogP contribution in [-0.2, 0) is 0 Å². The van der Waals surface area contributed by atoms with Gasteiger partial charge in [0.2, 0.25) is 0 Å². The second-order valence-corrected chi connectivity index (χ2v) is 5.74. The lowest BCUT2D eigenvalue weighted by molar-refractivity contribution is 0.0956. The number of carbonyl (C=O) groups is 1. The summed E-state index contributed by atoms with van der Waals surface area (Å²) in [6, 6.07) is 12.3. The maximum atomic E-state index is 12.2. The molecule has 0 aliphatic rings. The maximum absolute atomic E-state index is 12.2. The van der Waals surface area contributed by atoms with Crippen LogP contribution in [0.3, 0.4) is 0 Å². The quantitative estimate of drug-likeness (QED) is 0.562. The molecule has 5 N–H and O–H groups in total. The van der Waals surface area contributed by atoms with Crippen LogP contribution in [0.15, 0.2) is 77.4 Å². The molecule has 142 valence electrons. The minimum Gasteiger partial charge on any atom is -0.497 e. The van der Waals surface area contributed by atoms with Gasteiger partial charge in [-0.25, -0.2) is 0 Å². The number of aromatic nitrogens is 2. The maximum Gasteiger partial charge on any atom is 0.278 e. The van der Waals surface area contributed by atoms with Crippen molar-refractivity contribution in [3.63, 3.8) is 0 Å². The fourth-order valence-electron chi connectivity index (χ4n) is 2.32. The van der Waals surface area contributed by atoms with Gasteiger partial charge in [0.1, 0.15) is 11.6 Å². The van der Waals surface area contributed by atoms with Gasteiger partial charge < -0.3 is 26.0 Å². The average Bonchev–Trinajstić information content (AvgIpc) is 3.23. The highest BCUT2D eigenvalue weighted by Gasteiger charge is 2.14. The normalized spacial score (nSPS) is 11.9. The number of ether oxygens (including phenoxy) is 1. The number of methoxy groups -OCH3 is 1. The van der Waals surface area contributed by atoms with Crippen molar-refractivity contribution in [2.75, 3.05) is 7.11 Å². The van der Waals surface area contributed by atoms with Gasteiger partial charge in [-0.3, -0.25) is 9.78 Å². The Bertz CT molecular complexity index is 1010. The minimum absolute atomic E-state index is 0.0994. The van der Waals surface area contributed by atoms with Crippen molar-refractivity contribution < 1.29 is 14.1 Å². The molecule has 3 aromatic rings. The highest BCUT2D eigenvalue weighted by atomic mass is 16.5. The number of carbonyl (C=O) groups excluding carboxylic acids is 1. The standard InChI is InChI=1S/C20H19N5O3/c1-27-15-6-4-13(5-7-15)16(21)8-9-19(22)24-20(26)17-11-18(28-25-17)14-3-2-10-23-12-14/h2-12H,21-22H2,1H3,(H,24,26)/b16-8-,19-9+. The lowest BCUT2D eigenvalue weighted by Crippen LogP contribution is -2.27. The van der Waals surface area contributed by atoms with Crippen LogP contribution in [0, 0.1) is 0 Å². The monoisotopic (exact) mass is 377 g/mol. The number of nitrogens with one attached hydrogen (secondary N) is 1. The largest absolute Gasteiger partial charge is 0.497 e. The van der Waals surface area contributed by atoms with E-state index in [4.69, 9.17) is 20.7 Å². The molecule has 0 radical (unpaired) electrons. The van der Waals surface area contributed by atoms with Gasteiger partial charge in [-0.05, 0) is 54.1 Å². The third-order valence-electron chi connectivity index (χ3n) is 3.81. The lowest BCUT2D eigenvalue weighted by atomic mass is 10.1. The fraction of sp³-hybridized carbons (Fsp3) is 0.0500. The summed E-state index contributed by atoms with van der Waals surface area (Å²) < 4.78 is 10.3. The van der Waals surface area contributed by atoms with Gasteiger partial charge in [-0.15, -0.1) is 0 Å². The predicted molar refractivity (Wildman–Crippen MR) is 105 cm³/mol. The number of nitrogens with zero attached hydrogens (tertiary/aromatic N) is 2. The predicted octanol–water partition coefficient (Wildman–Crippen LogP) is 2.27. The van der Waals surface area contributed by atoms with Gasteiger partial charge in [-0.1, -0.05) is 5.16 Å². The summed E-state index contributed by atoms with van der Waals surface area (Å²) in [5.74, 6) is 0.790. The summed E-state index contributed by atoms with van der Waals surface area (Å²) in [4.78, 5) is 16.2. The summed E-state index contributed by atoms with van der Waals surface area (Å²) >= 11 is 0. The Hall–Kier alpha value is -4.07. The van der Waals surface area contributed by atoms with Crippen molar-refractivity contribution in [2.24, 2.45) is 11.5 Å². The summed E-state index contributed by atoms with van der Waals surface area (Å²) in [5, 5.41) is 6.28. The number of amides is 1. The van der Waals surface area contributed by atoms with Crippen LogP contribution in [0.2, 0.25) is 0 Å². The number of rotatable bonds is 6. The summed E-state index contributed by atoms with van der Waals surface area (Å²) in [6.45, 7) is 0. The number of pyridine rings is 1. The molecule has 0 saturated carbocycles. The molecule has 0 aliphatic carbocycles. The number of hydrogen-bond acceptors (Lipinski definition) is 7. The first kappa shape index (κ1) is 18.7. The second kappa shape index (κ2) is 8.54. The van der Waals surface area contributed by atoms with E-state index in [0.29, 0.717) is 17.0 Å². The Morgan fingerprint density at radius 2 is 1.96 bits per heavy atom. The molecule has 2 aromatic heterocycles. The Kier molecular flexibility index (Phi) is 5.71. The Labute approximate surface area is 161 Å². The van der Waals surface area contributed by atoms with Gasteiger partial charge in [0.05, 0.1) is 7.11 Å². The first-order valence-electron chi connectivity index (χ1n) is 8.32. The third kappa shape index (κ3) is 4.55. The fourth-order valence-corrected chi connectivity index (χ4v) is 2.32. The number of hydrogen-bond donors (Lipinski definition) is 3. The van der Waals surface area contributed by atoms with E-state index in [9.17, 15) is 4.79 Å². The number of benzene rings is 1. The molecule has 0 spiro atoms. The molecule has 0 aliphatic heterocycles. The van der Waals surface area contributed by atoms with Crippen molar-refractivity contribution in [1.82, 2.24) is 15.5 Å². The lowest BCUT2D eigenvalue weighted by Gasteiger charge is -2.04. The molecule has 1 amide bonds. The van der Waals surface area contributed by atoms with Gasteiger partial charge in [-0.2, -0.15) is 0 Å². The van der Waals surface area contributed by atoms with Crippen LogP contribution < -0.4 is 21.5 Å². The Morgan fingerprint density at radius 1 is 1.18 bits per heavy atom. The zero-order chi connectivity index (χ0) is 19.9. The Morgan fingerprint density at radius 3 is 2.64 bits per heavy atom. The summed E-state index contributed by atoms with van der Waals surface area (Å²) in [6.07, 6.45) is 6.36. The minimum atomic E-state index is -0.496. The third-order valence-corrected chi connectivity index (χ3v) is 3.81. The number of allylic oxidation sites excluding steroid dienone is 2. The zero-order valence-corrected chi connectivity index (χ0v) is 15.1. The van der Waals surface area contributed by atoms with Crippen molar-refractivity contribution in [2.45, 2.75) is 0 Å². The molecule has 1 aromatic carbocycles. The van der Waals surface area contributed by atoms with E-state index >= 15 is 0 Å². The first-order chi connectivity index (χ1) is 13.6. The zero-order valence-electron chi connectivity index (χ0n) is 15.1. The molecule has 8 heteroatoms. The Balaban J connectivity index is 1.65. The van der Waals surface area contributed by atoms with Gasteiger partial charge >= 0.3 is 0 Å². The van der Waals surface area contributed by atoms with E-state index < -0.39 is 5.91 Å². The molecule has 3 rings (SSSR count). The van der Waals surface area contributed by atoms with Crippen molar-refractivity contribution >= 4 is 11.6 Å². The van der Waals surface area contributed by atoms with Crippen LogP contribution in [0.1, 0.15) is 16.1 Å². The summed E-state index contributed by atoms with van der Waals surface area (Å²) in [7, 11) is 1.59. The van der Waals surface area contributed by atoms with Gasteiger partial charge in [0.25, 0.3) is 5.91 Å². The van der Waals surface area contributed by atoms with Gasteiger partial charge in [0.15, 0.2) is 11.5 Å². The molecule has 28 heavy (non-hydrogen) atoms. The van der Waals surface area contributed by atoms with E-state index in [1.807, 2.05) is 12.1 Å². The van der Waals surface area contributed by atoms with Crippen LogP contribution in [0.5, 0.6) is 5.75 Å². The van der Waals surface area contributed by atoms with E-state index in [0.717, 1.165) is 11.3 Å². The molecule has 0 saturated heterocycles. The average molecular weight is 377 g/mol. The molecule has 0 unspecified atom stereocenters. The molecule has 2 heterocycles. The van der Waals surface area contributed by atoms with Crippen molar-refractivity contribution in [1.29, 1.82) is 0 Å². The van der Waals surface area contributed by atoms with Crippen LogP contribution in [-0.4, -0.2) is 23.2 Å². The van der Waals surface area contributed by atoms with Crippen molar-refractivity contribution in [3.8, 4) is 17.1 Å². The SMILES string of the molecule is COc1ccc(/C(N)=C/C=C(\N)NC(=O)c2cc(-c3cccnc3)on2)cc1. The van der Waals surface area contributed by atoms with Gasteiger partial charge in [0, 0.05) is 29.7 Å². The second-order valence-electron chi connectivity index (χ2n) is 5.74. The molecule has 0 atom stereocenters. The molecular weight excluding hydrogens is 358 g/mol. The molecule has 8 nitrogen and oxygen atoms in total. The first-order valence-corrected chi connectivity index (χ1v) is 8.32. The van der Waals surface area contributed by atoms with E-state index in [1.165, 1.54) is 12.1 Å². The molecule has 0 bridgehead atoms. The highest BCUT2D eigenvalue weighted by molar-refractivity contribution is 5.94. The smallest absolute Gasteiger partial charge is 0.278 e. The van der Waals surface area contributed by atoms with E-state index in [-0.39, 0.29) is 11.5 Å². The van der Waals surface area contributed by atoms with Crippen LogP contribution in [0.25, 0.3) is 17.0 Å². The van der Waals surface area contributed by atoms with Crippen LogP contribution >= 0.6 is 0 Å². The summed E-state index contributed by atoms with van der Waals surface area (Å²) in [5.41, 5.74) is 14.0. The van der Waals surface area contributed by atoms with Crippen LogP contribution in [0.4, 0.5) is 0 Å². The molecular formula is C20H19N5O3. The van der Waals surface area contributed by atoms with E-state index in [1.54, 1.807) is 49.8 Å². The highest BCUT2D eigenvalue weighted by Crippen LogP contribution is 2.19. The van der Waals surface area contributed by atoms with E-state index in [2.05, 4.69) is 15.5 Å². The number of nitrogens with two attached hydrogens (primary N) is 2. The van der Waals surface area contributed by atoms with Crippen molar-refractivity contribution in [3.05, 3.63) is 84.1 Å². The molecule has 0 fully saturated rings. The topological polar surface area (TPSA) is 129 Å².